The molecule has 3 heterocycles. The smallest absolute Gasteiger partial charge is 0.374 e. The molecule has 2 saturated heterocycles. The number of halogens is 3. The van der Waals surface area contributed by atoms with Gasteiger partial charge in [0.15, 0.2) is 0 Å². The lowest BCUT2D eigenvalue weighted by Crippen LogP contribution is -2.72. The van der Waals surface area contributed by atoms with Crippen molar-refractivity contribution in [3.63, 3.8) is 0 Å². The highest BCUT2D eigenvalue weighted by Gasteiger charge is 2.79. The minimum absolute atomic E-state index is 0.0268. The summed E-state index contributed by atoms with van der Waals surface area (Å²) in [6, 6.07) is 4.84. The lowest BCUT2D eigenvalue weighted by Gasteiger charge is -2.63. The Labute approximate surface area is 220 Å². The van der Waals surface area contributed by atoms with Gasteiger partial charge in [-0.25, -0.2) is 9.97 Å². The normalized spacial score (nSPS) is 32.2. The number of hydrogen-bond donors (Lipinski definition) is 1. The van der Waals surface area contributed by atoms with Crippen LogP contribution < -0.4 is 0 Å². The molecule has 1 spiro atoms. The molecule has 0 bridgehead atoms. The Morgan fingerprint density at radius 3 is 2.34 bits per heavy atom. The van der Waals surface area contributed by atoms with Crippen molar-refractivity contribution in [3.8, 4) is 0 Å². The summed E-state index contributed by atoms with van der Waals surface area (Å²) in [5, 5.41) is 11.0. The van der Waals surface area contributed by atoms with Crippen LogP contribution in [0.1, 0.15) is 65.3 Å². The van der Waals surface area contributed by atoms with Crippen molar-refractivity contribution in [1.82, 2.24) is 24.7 Å². The first kappa shape index (κ1) is 25.7. The zero-order valence-corrected chi connectivity index (χ0v) is 22.0. The molecule has 1 N–H and O–H groups in total. The minimum Gasteiger partial charge on any atom is -0.374 e. The Bertz CT molecular complexity index is 1230. The molecular formula is C28H34F3N5O2. The van der Waals surface area contributed by atoms with Gasteiger partial charge in [-0.2, -0.15) is 13.2 Å². The van der Waals surface area contributed by atoms with E-state index in [-0.39, 0.29) is 22.9 Å². The third kappa shape index (κ3) is 3.78. The third-order valence-corrected chi connectivity index (χ3v) is 9.87. The molecule has 4 fully saturated rings. The molecule has 6 rings (SSSR count). The van der Waals surface area contributed by atoms with Crippen LogP contribution in [-0.4, -0.2) is 80.0 Å². The van der Waals surface area contributed by atoms with Gasteiger partial charge in [0, 0.05) is 49.7 Å². The molecule has 1 amide bonds. The maximum atomic E-state index is 13.5. The van der Waals surface area contributed by atoms with E-state index in [2.05, 4.69) is 21.8 Å². The summed E-state index contributed by atoms with van der Waals surface area (Å²) in [4.78, 5) is 28.5. The summed E-state index contributed by atoms with van der Waals surface area (Å²) in [5.74, 6) is 0.678. The molecule has 4 aliphatic rings. The molecule has 0 radical (unpaired) electrons. The van der Waals surface area contributed by atoms with Crippen LogP contribution in [-0.2, 0) is 6.18 Å². The molecule has 2 aliphatic carbocycles. The standard InChI is InChI=1S/C28H34F3N5O2/c1-17-14-35(10-11-36(17)24(37)20-4-6-21(7-5-20)28(29,30)31)27-8-9-34(15-26(27)12-22(26)13-27)25(38)23-18(2)32-16-33-19(23)3/h4-7,16-17,22,24,37H,8-15H2,1-3H3/t17-,22?,24?,26?,27?/m0/s1. The van der Waals surface area contributed by atoms with E-state index in [0.29, 0.717) is 41.5 Å². The molecule has 2 saturated carbocycles. The van der Waals surface area contributed by atoms with Gasteiger partial charge in [-0.1, -0.05) is 12.1 Å². The lowest BCUT2D eigenvalue weighted by atomic mass is 9.60. The molecule has 38 heavy (non-hydrogen) atoms. The Balaban J connectivity index is 1.14. The number of carbonyl (C=O) groups is 1. The first-order valence-electron chi connectivity index (χ1n) is 13.4. The number of rotatable bonds is 4. The molecular weight excluding hydrogens is 495 g/mol. The van der Waals surface area contributed by atoms with Crippen molar-refractivity contribution >= 4 is 5.91 Å². The van der Waals surface area contributed by atoms with Gasteiger partial charge in [0.1, 0.15) is 12.6 Å². The predicted octanol–water partition coefficient (Wildman–Crippen LogP) is 3.80. The molecule has 1 aromatic heterocycles. The molecule has 5 atom stereocenters. The fraction of sp³-hybridized carbons (Fsp3) is 0.607. The van der Waals surface area contributed by atoms with E-state index < -0.39 is 18.0 Å². The van der Waals surface area contributed by atoms with Gasteiger partial charge in [0.05, 0.1) is 22.5 Å². The van der Waals surface area contributed by atoms with Crippen molar-refractivity contribution in [1.29, 1.82) is 0 Å². The van der Waals surface area contributed by atoms with Crippen LogP contribution in [0.15, 0.2) is 30.6 Å². The van der Waals surface area contributed by atoms with Crippen LogP contribution in [0.4, 0.5) is 13.2 Å². The summed E-state index contributed by atoms with van der Waals surface area (Å²) in [6.45, 7) is 9.45. The number of aromatic nitrogens is 2. The molecule has 204 valence electrons. The molecule has 2 aliphatic heterocycles. The zero-order valence-electron chi connectivity index (χ0n) is 22.0. The number of aliphatic hydroxyl groups is 1. The van der Waals surface area contributed by atoms with Crippen LogP contribution in [0.3, 0.4) is 0 Å². The molecule has 2 aromatic rings. The molecule has 1 aromatic carbocycles. The second-order valence-electron chi connectivity index (χ2n) is 11.7. The average Bonchev–Trinajstić information content (AvgIpc) is 3.42. The summed E-state index contributed by atoms with van der Waals surface area (Å²) in [7, 11) is 0. The van der Waals surface area contributed by atoms with Crippen molar-refractivity contribution in [2.24, 2.45) is 11.3 Å². The highest BCUT2D eigenvalue weighted by Crippen LogP contribution is 2.77. The molecule has 10 heteroatoms. The number of likely N-dealkylation sites (tertiary alicyclic amines) is 1. The van der Waals surface area contributed by atoms with Crippen molar-refractivity contribution in [3.05, 3.63) is 58.7 Å². The number of hydrogen-bond acceptors (Lipinski definition) is 6. The van der Waals surface area contributed by atoms with Gasteiger partial charge < -0.3 is 10.0 Å². The van der Waals surface area contributed by atoms with E-state index in [1.807, 2.05) is 23.6 Å². The first-order chi connectivity index (χ1) is 18.0. The highest BCUT2D eigenvalue weighted by atomic mass is 19.4. The van der Waals surface area contributed by atoms with Crippen LogP contribution in [0.5, 0.6) is 0 Å². The van der Waals surface area contributed by atoms with Gasteiger partial charge >= 0.3 is 6.18 Å². The van der Waals surface area contributed by atoms with Gasteiger partial charge in [0.25, 0.3) is 5.91 Å². The molecule has 7 nitrogen and oxygen atoms in total. The van der Waals surface area contributed by atoms with E-state index in [9.17, 15) is 23.1 Å². The van der Waals surface area contributed by atoms with Gasteiger partial charge in [-0.3, -0.25) is 14.6 Å². The van der Waals surface area contributed by atoms with Gasteiger partial charge in [0.2, 0.25) is 0 Å². The number of alkyl halides is 3. The molecule has 4 unspecified atom stereocenters. The summed E-state index contributed by atoms with van der Waals surface area (Å²) >= 11 is 0. The highest BCUT2D eigenvalue weighted by molar-refractivity contribution is 5.96. The summed E-state index contributed by atoms with van der Waals surface area (Å²) in [5.41, 5.74) is 2.02. The van der Waals surface area contributed by atoms with E-state index in [1.54, 1.807) is 0 Å². The average molecular weight is 530 g/mol. The maximum Gasteiger partial charge on any atom is 0.416 e. The maximum absolute atomic E-state index is 13.5. The lowest BCUT2D eigenvalue weighted by molar-refractivity contribution is -0.141. The number of aliphatic hydroxyl groups excluding tert-OH is 1. The van der Waals surface area contributed by atoms with Crippen molar-refractivity contribution in [2.45, 2.75) is 64.0 Å². The SMILES string of the molecule is Cc1ncnc(C)c1C(=O)N1CCC2(N3CCN(C(O)c4ccc(C(F)(F)F)cc4)[C@@H](C)C3)CC3CC32C1. The zero-order chi connectivity index (χ0) is 27.0. The van der Waals surface area contributed by atoms with Crippen LogP contribution in [0, 0.1) is 25.2 Å². The Hall–Kier alpha value is -2.56. The Kier molecular flexibility index (Phi) is 5.90. The summed E-state index contributed by atoms with van der Waals surface area (Å²) in [6.07, 6.45) is -0.629. The van der Waals surface area contributed by atoms with E-state index in [0.717, 1.165) is 51.0 Å². The van der Waals surface area contributed by atoms with E-state index in [1.165, 1.54) is 18.5 Å². The quantitative estimate of drug-likeness (QED) is 0.650. The third-order valence-electron chi connectivity index (χ3n) is 9.87. The Morgan fingerprint density at radius 2 is 1.76 bits per heavy atom. The number of piperazine rings is 1. The monoisotopic (exact) mass is 529 g/mol. The number of carbonyl (C=O) groups excluding carboxylic acids is 1. The largest absolute Gasteiger partial charge is 0.416 e. The van der Waals surface area contributed by atoms with Crippen LogP contribution in [0.2, 0.25) is 0 Å². The van der Waals surface area contributed by atoms with Crippen molar-refractivity contribution in [2.75, 3.05) is 32.7 Å². The van der Waals surface area contributed by atoms with Crippen LogP contribution >= 0.6 is 0 Å². The van der Waals surface area contributed by atoms with E-state index >= 15 is 0 Å². The predicted molar refractivity (Wildman–Crippen MR) is 134 cm³/mol. The fourth-order valence-corrected chi connectivity index (χ4v) is 7.72. The number of aryl methyl sites for hydroxylation is 2. The van der Waals surface area contributed by atoms with Crippen LogP contribution in [0.25, 0.3) is 0 Å². The number of amides is 1. The second-order valence-corrected chi connectivity index (χ2v) is 11.7. The van der Waals surface area contributed by atoms with Crippen molar-refractivity contribution < 1.29 is 23.1 Å². The topological polar surface area (TPSA) is 72.8 Å². The van der Waals surface area contributed by atoms with Gasteiger partial charge in [-0.15, -0.1) is 0 Å². The Morgan fingerprint density at radius 1 is 1.08 bits per heavy atom. The van der Waals surface area contributed by atoms with E-state index in [4.69, 9.17) is 0 Å². The number of piperidine rings is 1. The first-order valence-corrected chi connectivity index (χ1v) is 13.4. The second kappa shape index (κ2) is 8.72. The van der Waals surface area contributed by atoms with Gasteiger partial charge in [-0.05, 0) is 63.6 Å². The number of nitrogens with zero attached hydrogens (tertiary/aromatic N) is 5. The summed E-state index contributed by atoms with van der Waals surface area (Å²) < 4.78 is 38.8. The fourth-order valence-electron chi connectivity index (χ4n) is 7.72. The number of benzene rings is 1. The minimum atomic E-state index is -4.40.